The first-order valence-electron chi connectivity index (χ1n) is 9.32. The molecular weight excluding hydrogens is 406 g/mol. The van der Waals surface area contributed by atoms with E-state index in [0.717, 1.165) is 53.3 Å². The lowest BCUT2D eigenvalue weighted by Crippen LogP contribution is -2.48. The van der Waals surface area contributed by atoms with Crippen LogP contribution in [0.15, 0.2) is 46.9 Å². The average Bonchev–Trinajstić information content (AvgIpc) is 2.66. The number of benzene rings is 2. The Morgan fingerprint density at radius 3 is 2.59 bits per heavy atom. The molecular formula is C21H26BrN3O2. The maximum absolute atomic E-state index is 12.4. The topological polar surface area (TPSA) is 44.8 Å². The van der Waals surface area contributed by atoms with E-state index in [0.29, 0.717) is 13.2 Å². The van der Waals surface area contributed by atoms with Crippen LogP contribution in [-0.4, -0.2) is 50.1 Å². The fourth-order valence-corrected chi connectivity index (χ4v) is 3.52. The predicted octanol–water partition coefficient (Wildman–Crippen LogP) is 3.92. The minimum absolute atomic E-state index is 0.0277. The second kappa shape index (κ2) is 9.24. The van der Waals surface area contributed by atoms with Crippen molar-refractivity contribution in [2.24, 2.45) is 0 Å². The van der Waals surface area contributed by atoms with Gasteiger partial charge in [-0.05, 0) is 49.7 Å². The molecule has 0 aromatic heterocycles. The van der Waals surface area contributed by atoms with E-state index in [2.05, 4.69) is 37.1 Å². The zero-order chi connectivity index (χ0) is 19.2. The predicted molar refractivity (Wildman–Crippen MR) is 114 cm³/mol. The molecule has 1 N–H and O–H groups in total. The van der Waals surface area contributed by atoms with Crippen molar-refractivity contribution in [3.05, 3.63) is 52.5 Å². The van der Waals surface area contributed by atoms with Crippen LogP contribution < -0.4 is 15.0 Å². The zero-order valence-corrected chi connectivity index (χ0v) is 17.5. The number of halogens is 1. The van der Waals surface area contributed by atoms with Crippen LogP contribution >= 0.6 is 15.9 Å². The van der Waals surface area contributed by atoms with Gasteiger partial charge in [-0.1, -0.05) is 28.1 Å². The molecule has 6 heteroatoms. The summed E-state index contributed by atoms with van der Waals surface area (Å²) in [7, 11) is 0. The Kier molecular flexibility index (Phi) is 6.74. The molecule has 0 aliphatic carbocycles. The molecule has 1 heterocycles. The number of amides is 1. The van der Waals surface area contributed by atoms with E-state index in [4.69, 9.17) is 4.74 Å². The largest absolute Gasteiger partial charge is 0.492 e. The number of rotatable bonds is 6. The third kappa shape index (κ3) is 5.23. The molecule has 5 nitrogen and oxygen atoms in total. The molecule has 0 saturated carbocycles. The van der Waals surface area contributed by atoms with Gasteiger partial charge in [0.15, 0.2) is 0 Å². The number of anilines is 2. The Hall–Kier alpha value is -2.05. The first-order chi connectivity index (χ1) is 13.1. The van der Waals surface area contributed by atoms with Gasteiger partial charge in [0.25, 0.3) is 0 Å². The summed E-state index contributed by atoms with van der Waals surface area (Å²) >= 11 is 3.48. The Morgan fingerprint density at radius 2 is 1.89 bits per heavy atom. The van der Waals surface area contributed by atoms with Gasteiger partial charge in [-0.3, -0.25) is 9.69 Å². The Labute approximate surface area is 169 Å². The van der Waals surface area contributed by atoms with Crippen molar-refractivity contribution in [3.63, 3.8) is 0 Å². The molecule has 1 aliphatic heterocycles. The molecule has 27 heavy (non-hydrogen) atoms. The Morgan fingerprint density at radius 1 is 1.15 bits per heavy atom. The molecule has 0 spiro atoms. The average molecular weight is 432 g/mol. The van der Waals surface area contributed by atoms with Gasteiger partial charge in [-0.15, -0.1) is 0 Å². The number of carbonyl (C=O) groups is 1. The molecule has 1 saturated heterocycles. The third-order valence-corrected chi connectivity index (χ3v) is 5.58. The van der Waals surface area contributed by atoms with Crippen LogP contribution in [0.25, 0.3) is 0 Å². The van der Waals surface area contributed by atoms with Crippen molar-refractivity contribution in [2.75, 3.05) is 49.5 Å². The second-order valence-corrected chi connectivity index (χ2v) is 7.53. The van der Waals surface area contributed by atoms with Crippen LogP contribution in [0.1, 0.15) is 12.5 Å². The molecule has 144 valence electrons. The highest BCUT2D eigenvalue weighted by Gasteiger charge is 2.21. The second-order valence-electron chi connectivity index (χ2n) is 6.68. The Bertz CT molecular complexity index is 789. The quantitative estimate of drug-likeness (QED) is 0.752. The third-order valence-electron chi connectivity index (χ3n) is 4.69. The van der Waals surface area contributed by atoms with Crippen molar-refractivity contribution in [3.8, 4) is 5.75 Å². The molecule has 1 aliphatic rings. The van der Waals surface area contributed by atoms with Gasteiger partial charge in [0.2, 0.25) is 5.91 Å². The van der Waals surface area contributed by atoms with Crippen LogP contribution in [0, 0.1) is 6.92 Å². The number of hydrogen-bond acceptors (Lipinski definition) is 4. The van der Waals surface area contributed by atoms with Crippen molar-refractivity contribution >= 4 is 33.2 Å². The van der Waals surface area contributed by atoms with Gasteiger partial charge in [0.05, 0.1) is 18.8 Å². The van der Waals surface area contributed by atoms with Crippen LogP contribution in [0.2, 0.25) is 0 Å². The number of ether oxygens (including phenoxy) is 1. The van der Waals surface area contributed by atoms with Gasteiger partial charge in [0, 0.05) is 36.3 Å². The number of nitrogens with one attached hydrogen (secondary N) is 1. The fourth-order valence-electron chi connectivity index (χ4n) is 3.27. The van der Waals surface area contributed by atoms with Crippen molar-refractivity contribution in [2.45, 2.75) is 13.8 Å². The summed E-state index contributed by atoms with van der Waals surface area (Å²) in [5.74, 6) is 0.955. The highest BCUT2D eigenvalue weighted by Crippen LogP contribution is 2.28. The van der Waals surface area contributed by atoms with E-state index in [1.54, 1.807) is 0 Å². The minimum atomic E-state index is 0.0277. The van der Waals surface area contributed by atoms with Crippen LogP contribution in [0.5, 0.6) is 5.75 Å². The first-order valence-corrected chi connectivity index (χ1v) is 10.1. The maximum Gasteiger partial charge on any atom is 0.238 e. The number of para-hydroxylation sites is 2. The van der Waals surface area contributed by atoms with E-state index in [1.807, 2.05) is 50.2 Å². The van der Waals surface area contributed by atoms with Gasteiger partial charge < -0.3 is 15.0 Å². The SMILES string of the molecule is CCOc1ccccc1N1CCN(CC(=O)Nc2ccc(Br)c(C)c2)CC1. The molecule has 0 bridgehead atoms. The maximum atomic E-state index is 12.4. The highest BCUT2D eigenvalue weighted by atomic mass is 79.9. The number of carbonyl (C=O) groups excluding carboxylic acids is 1. The van der Waals surface area contributed by atoms with Crippen molar-refractivity contribution in [1.29, 1.82) is 0 Å². The van der Waals surface area contributed by atoms with Crippen molar-refractivity contribution < 1.29 is 9.53 Å². The smallest absolute Gasteiger partial charge is 0.238 e. The fraction of sp³-hybridized carbons (Fsp3) is 0.381. The van der Waals surface area contributed by atoms with Crippen LogP contribution in [0.3, 0.4) is 0 Å². The van der Waals surface area contributed by atoms with E-state index in [9.17, 15) is 4.79 Å². The molecule has 0 unspecified atom stereocenters. The van der Waals surface area contributed by atoms with E-state index in [1.165, 1.54) is 0 Å². The molecule has 2 aromatic rings. The summed E-state index contributed by atoms with van der Waals surface area (Å²) in [5.41, 5.74) is 3.08. The molecule has 3 rings (SSSR count). The number of aryl methyl sites for hydroxylation is 1. The summed E-state index contributed by atoms with van der Waals surface area (Å²) in [4.78, 5) is 16.9. The summed E-state index contributed by atoms with van der Waals surface area (Å²) in [6.45, 7) is 8.56. The number of nitrogens with zero attached hydrogens (tertiary/aromatic N) is 2. The van der Waals surface area contributed by atoms with E-state index in [-0.39, 0.29) is 5.91 Å². The summed E-state index contributed by atoms with van der Waals surface area (Å²) in [6, 6.07) is 14.0. The van der Waals surface area contributed by atoms with Crippen LogP contribution in [0.4, 0.5) is 11.4 Å². The zero-order valence-electron chi connectivity index (χ0n) is 15.9. The highest BCUT2D eigenvalue weighted by molar-refractivity contribution is 9.10. The van der Waals surface area contributed by atoms with Gasteiger partial charge >= 0.3 is 0 Å². The number of piperazine rings is 1. The lowest BCUT2D eigenvalue weighted by Gasteiger charge is -2.36. The lowest BCUT2D eigenvalue weighted by molar-refractivity contribution is -0.117. The number of hydrogen-bond donors (Lipinski definition) is 1. The summed E-state index contributed by atoms with van der Waals surface area (Å²) in [6.07, 6.45) is 0. The molecule has 1 amide bonds. The summed E-state index contributed by atoms with van der Waals surface area (Å²) in [5, 5.41) is 2.99. The van der Waals surface area contributed by atoms with Crippen LogP contribution in [-0.2, 0) is 4.79 Å². The van der Waals surface area contributed by atoms with Gasteiger partial charge in [0.1, 0.15) is 5.75 Å². The first kappa shape index (κ1) is 19.7. The lowest BCUT2D eigenvalue weighted by atomic mass is 10.2. The Balaban J connectivity index is 1.52. The van der Waals surface area contributed by atoms with E-state index < -0.39 is 0 Å². The molecule has 2 aromatic carbocycles. The van der Waals surface area contributed by atoms with Gasteiger partial charge in [-0.2, -0.15) is 0 Å². The summed E-state index contributed by atoms with van der Waals surface area (Å²) < 4.78 is 6.79. The van der Waals surface area contributed by atoms with E-state index >= 15 is 0 Å². The molecule has 0 radical (unpaired) electrons. The van der Waals surface area contributed by atoms with Gasteiger partial charge in [-0.25, -0.2) is 0 Å². The monoisotopic (exact) mass is 431 g/mol. The molecule has 1 fully saturated rings. The minimum Gasteiger partial charge on any atom is -0.492 e. The normalized spacial score (nSPS) is 14.9. The molecule has 0 atom stereocenters. The standard InChI is InChI=1S/C21H26BrN3O2/c1-3-27-20-7-5-4-6-19(20)25-12-10-24(11-13-25)15-21(26)23-17-8-9-18(22)16(2)14-17/h4-9,14H,3,10-13,15H2,1-2H3,(H,23,26). The van der Waals surface area contributed by atoms with Crippen molar-refractivity contribution in [1.82, 2.24) is 4.90 Å².